The van der Waals surface area contributed by atoms with Crippen LogP contribution in [0.2, 0.25) is 0 Å². The zero-order chi connectivity index (χ0) is 16.2. The number of H-pyrrole nitrogens is 1. The molecular formula is C16H22N4O2S. The van der Waals surface area contributed by atoms with Crippen molar-refractivity contribution in [2.75, 3.05) is 25.4 Å². The largest absolute Gasteiger partial charge is 0.391 e. The van der Waals surface area contributed by atoms with E-state index in [0.29, 0.717) is 18.8 Å². The van der Waals surface area contributed by atoms with Gasteiger partial charge in [-0.15, -0.1) is 11.8 Å². The lowest BCUT2D eigenvalue weighted by Gasteiger charge is -2.14. The molecule has 7 heteroatoms. The predicted octanol–water partition coefficient (Wildman–Crippen LogP) is 1.05. The van der Waals surface area contributed by atoms with Gasteiger partial charge in [0.05, 0.1) is 28.1 Å². The maximum Gasteiger partial charge on any atom is 0.230 e. The predicted molar refractivity (Wildman–Crippen MR) is 92.3 cm³/mol. The average Bonchev–Trinajstić information content (AvgIpc) is 3.16. The van der Waals surface area contributed by atoms with Crippen LogP contribution in [-0.4, -0.2) is 52.5 Å². The number of nitrogens with one attached hydrogen (secondary N) is 3. The molecule has 1 aliphatic rings. The summed E-state index contributed by atoms with van der Waals surface area (Å²) in [6.07, 6.45) is -0.363. The third-order valence-electron chi connectivity index (χ3n) is 4.12. The molecule has 3 rings (SSSR count). The van der Waals surface area contributed by atoms with Crippen molar-refractivity contribution in [2.24, 2.45) is 5.92 Å². The standard InChI is InChI=1S/C16H22N4O2S/c1-10(16-19-12-4-2-3-5-13(12)20-16)23-9-15(22)18-7-11-6-17-8-14(11)21/h2-5,10-11,14,17,21H,6-9H2,1H3,(H,18,22)(H,19,20). The number of aliphatic hydroxyl groups is 1. The summed E-state index contributed by atoms with van der Waals surface area (Å²) in [5.41, 5.74) is 1.96. The fraction of sp³-hybridized carbons (Fsp3) is 0.500. The molecule has 1 amide bonds. The Morgan fingerprint density at radius 3 is 3.04 bits per heavy atom. The Morgan fingerprint density at radius 2 is 2.30 bits per heavy atom. The summed E-state index contributed by atoms with van der Waals surface area (Å²) in [6.45, 7) is 3.93. The minimum atomic E-state index is -0.363. The van der Waals surface area contributed by atoms with Crippen LogP contribution in [0.1, 0.15) is 18.0 Å². The summed E-state index contributed by atoms with van der Waals surface area (Å²) in [4.78, 5) is 19.8. The minimum Gasteiger partial charge on any atom is -0.391 e. The van der Waals surface area contributed by atoms with Crippen molar-refractivity contribution in [3.8, 4) is 0 Å². The second-order valence-corrected chi connectivity index (χ2v) is 7.21. The average molecular weight is 334 g/mol. The van der Waals surface area contributed by atoms with E-state index in [1.54, 1.807) is 11.8 Å². The molecule has 3 unspecified atom stereocenters. The molecule has 1 aliphatic heterocycles. The van der Waals surface area contributed by atoms with Crippen LogP contribution in [0.3, 0.4) is 0 Å². The fourth-order valence-corrected chi connectivity index (χ4v) is 3.44. The number of hydrogen-bond donors (Lipinski definition) is 4. The molecule has 1 aromatic heterocycles. The Hall–Kier alpha value is -1.57. The van der Waals surface area contributed by atoms with E-state index in [1.165, 1.54) is 0 Å². The number of carbonyl (C=O) groups excluding carboxylic acids is 1. The van der Waals surface area contributed by atoms with Gasteiger partial charge in [-0.2, -0.15) is 0 Å². The number of aliphatic hydroxyl groups excluding tert-OH is 1. The molecule has 1 saturated heterocycles. The van der Waals surface area contributed by atoms with Crippen molar-refractivity contribution in [2.45, 2.75) is 18.3 Å². The van der Waals surface area contributed by atoms with Crippen LogP contribution in [0.5, 0.6) is 0 Å². The quantitative estimate of drug-likeness (QED) is 0.634. The second-order valence-electron chi connectivity index (χ2n) is 5.88. The van der Waals surface area contributed by atoms with E-state index >= 15 is 0 Å². The normalized spacial score (nSPS) is 22.3. The first-order valence-electron chi connectivity index (χ1n) is 7.85. The van der Waals surface area contributed by atoms with E-state index in [2.05, 4.69) is 20.6 Å². The monoisotopic (exact) mass is 334 g/mol. The minimum absolute atomic E-state index is 0.00272. The van der Waals surface area contributed by atoms with Gasteiger partial charge < -0.3 is 20.7 Å². The number of β-amino-alcohol motifs (C(OH)–C–C–N with tert-alkyl or cyclic N) is 1. The molecule has 4 N–H and O–H groups in total. The van der Waals surface area contributed by atoms with Crippen molar-refractivity contribution in [1.82, 2.24) is 20.6 Å². The molecule has 23 heavy (non-hydrogen) atoms. The van der Waals surface area contributed by atoms with Gasteiger partial charge in [0.1, 0.15) is 5.82 Å². The number of hydrogen-bond acceptors (Lipinski definition) is 5. The Labute approximate surface area is 139 Å². The molecule has 0 bridgehead atoms. The SMILES string of the molecule is CC(SCC(=O)NCC1CNCC1O)c1nc2ccccc2[nH]1. The smallest absolute Gasteiger partial charge is 0.230 e. The molecule has 0 aliphatic carbocycles. The maximum atomic E-state index is 11.9. The Balaban J connectivity index is 1.46. The summed E-state index contributed by atoms with van der Waals surface area (Å²) in [5, 5.41) is 15.8. The summed E-state index contributed by atoms with van der Waals surface area (Å²) in [7, 11) is 0. The summed E-state index contributed by atoms with van der Waals surface area (Å²) >= 11 is 1.55. The highest BCUT2D eigenvalue weighted by Gasteiger charge is 2.25. The molecule has 0 spiro atoms. The number of amides is 1. The third kappa shape index (κ3) is 4.04. The van der Waals surface area contributed by atoms with E-state index in [1.807, 2.05) is 31.2 Å². The van der Waals surface area contributed by atoms with E-state index < -0.39 is 0 Å². The van der Waals surface area contributed by atoms with E-state index in [9.17, 15) is 9.90 Å². The maximum absolute atomic E-state index is 11.9. The van der Waals surface area contributed by atoms with Crippen LogP contribution in [0.15, 0.2) is 24.3 Å². The number of fused-ring (bicyclic) bond motifs is 1. The van der Waals surface area contributed by atoms with E-state index in [0.717, 1.165) is 23.4 Å². The number of carbonyl (C=O) groups is 1. The first-order valence-corrected chi connectivity index (χ1v) is 8.90. The van der Waals surface area contributed by atoms with Gasteiger partial charge in [-0.3, -0.25) is 4.79 Å². The molecule has 1 aromatic carbocycles. The number of aromatic amines is 1. The molecule has 124 valence electrons. The number of benzene rings is 1. The van der Waals surface area contributed by atoms with Gasteiger partial charge in [-0.25, -0.2) is 4.98 Å². The van der Waals surface area contributed by atoms with Crippen molar-refractivity contribution in [1.29, 1.82) is 0 Å². The van der Waals surface area contributed by atoms with Crippen LogP contribution in [0.25, 0.3) is 11.0 Å². The van der Waals surface area contributed by atoms with Gasteiger partial charge in [0.25, 0.3) is 0 Å². The van der Waals surface area contributed by atoms with Crippen LogP contribution in [0, 0.1) is 5.92 Å². The Bertz CT molecular complexity index is 642. The number of nitrogens with zero attached hydrogens (tertiary/aromatic N) is 1. The summed E-state index contributed by atoms with van der Waals surface area (Å²) in [6, 6.07) is 7.91. The van der Waals surface area contributed by atoms with Gasteiger partial charge >= 0.3 is 0 Å². The lowest BCUT2D eigenvalue weighted by atomic mass is 10.1. The number of thioether (sulfide) groups is 1. The number of imidazole rings is 1. The fourth-order valence-electron chi connectivity index (χ4n) is 2.67. The molecule has 3 atom stereocenters. The highest BCUT2D eigenvalue weighted by Crippen LogP contribution is 2.27. The third-order valence-corrected chi connectivity index (χ3v) is 5.27. The van der Waals surface area contributed by atoms with Gasteiger partial charge in [-0.1, -0.05) is 12.1 Å². The molecule has 2 aromatic rings. The Kier molecular flexibility index (Phi) is 5.20. The molecule has 1 fully saturated rings. The van der Waals surface area contributed by atoms with Gasteiger partial charge in [0.2, 0.25) is 5.91 Å². The summed E-state index contributed by atoms with van der Waals surface area (Å²) in [5.74, 6) is 1.38. The zero-order valence-corrected chi connectivity index (χ0v) is 13.9. The second kappa shape index (κ2) is 7.33. The van der Waals surface area contributed by atoms with Crippen molar-refractivity contribution in [3.05, 3.63) is 30.1 Å². The first kappa shape index (κ1) is 16.3. The van der Waals surface area contributed by atoms with Crippen molar-refractivity contribution >= 4 is 28.7 Å². The summed E-state index contributed by atoms with van der Waals surface area (Å²) < 4.78 is 0. The molecule has 0 radical (unpaired) electrons. The van der Waals surface area contributed by atoms with Gasteiger partial charge in [0, 0.05) is 25.6 Å². The highest BCUT2D eigenvalue weighted by molar-refractivity contribution is 8.00. The lowest BCUT2D eigenvalue weighted by Crippen LogP contribution is -2.35. The van der Waals surface area contributed by atoms with Crippen LogP contribution < -0.4 is 10.6 Å². The molecule has 6 nitrogen and oxygen atoms in total. The van der Waals surface area contributed by atoms with E-state index in [4.69, 9.17) is 0 Å². The van der Waals surface area contributed by atoms with Crippen LogP contribution in [-0.2, 0) is 4.79 Å². The highest BCUT2D eigenvalue weighted by atomic mass is 32.2. The zero-order valence-electron chi connectivity index (χ0n) is 13.1. The molecule has 0 saturated carbocycles. The lowest BCUT2D eigenvalue weighted by molar-refractivity contribution is -0.118. The molecule has 2 heterocycles. The van der Waals surface area contributed by atoms with Gasteiger partial charge in [-0.05, 0) is 19.1 Å². The van der Waals surface area contributed by atoms with Crippen LogP contribution in [0.4, 0.5) is 0 Å². The molecular weight excluding hydrogens is 312 g/mol. The van der Waals surface area contributed by atoms with Crippen LogP contribution >= 0.6 is 11.8 Å². The first-order chi connectivity index (χ1) is 11.1. The number of rotatable bonds is 6. The van der Waals surface area contributed by atoms with Crippen molar-refractivity contribution < 1.29 is 9.90 Å². The topological polar surface area (TPSA) is 90.0 Å². The number of para-hydroxylation sites is 2. The van der Waals surface area contributed by atoms with Gasteiger partial charge in [0.15, 0.2) is 0 Å². The van der Waals surface area contributed by atoms with Crippen molar-refractivity contribution in [3.63, 3.8) is 0 Å². The van der Waals surface area contributed by atoms with E-state index in [-0.39, 0.29) is 23.2 Å². The Morgan fingerprint density at radius 1 is 1.48 bits per heavy atom. The number of aromatic nitrogens is 2.